The van der Waals surface area contributed by atoms with Gasteiger partial charge in [0.1, 0.15) is 0 Å². The Labute approximate surface area is 119 Å². The van der Waals surface area contributed by atoms with Gasteiger partial charge >= 0.3 is 0 Å². The molecule has 2 heteroatoms. The first kappa shape index (κ1) is 12.7. The molecule has 1 heterocycles. The zero-order chi connectivity index (χ0) is 13.8. The van der Waals surface area contributed by atoms with Gasteiger partial charge in [0.05, 0.1) is 0 Å². The summed E-state index contributed by atoms with van der Waals surface area (Å²) in [6.45, 7) is 1.52. The number of amides is 1. The lowest BCUT2D eigenvalue weighted by Gasteiger charge is -2.27. The minimum absolute atomic E-state index is 0.0864. The lowest BCUT2D eigenvalue weighted by Crippen LogP contribution is -2.34. The standard InChI is InChI=1S/C18H17NO/c20-18(11-10-15-6-2-1-3-7-15)19-13-12-16-8-4-5-9-17(16)14-19/h1-11H,12-14H2. The van der Waals surface area contributed by atoms with Crippen molar-refractivity contribution in [2.75, 3.05) is 6.54 Å². The molecule has 0 aliphatic carbocycles. The first-order valence-electron chi connectivity index (χ1n) is 6.92. The third-order valence-electron chi connectivity index (χ3n) is 3.66. The molecule has 0 bridgehead atoms. The second-order valence-corrected chi connectivity index (χ2v) is 5.02. The van der Waals surface area contributed by atoms with E-state index in [1.165, 1.54) is 11.1 Å². The van der Waals surface area contributed by atoms with E-state index in [0.29, 0.717) is 6.54 Å². The molecule has 0 N–H and O–H groups in total. The molecule has 1 amide bonds. The highest BCUT2D eigenvalue weighted by Crippen LogP contribution is 2.18. The van der Waals surface area contributed by atoms with Gasteiger partial charge in [-0.25, -0.2) is 0 Å². The Hall–Kier alpha value is -2.35. The molecule has 3 rings (SSSR count). The highest BCUT2D eigenvalue weighted by atomic mass is 16.2. The van der Waals surface area contributed by atoms with Crippen LogP contribution in [0, 0.1) is 0 Å². The number of hydrogen-bond acceptors (Lipinski definition) is 1. The van der Waals surface area contributed by atoms with Crippen molar-refractivity contribution in [1.29, 1.82) is 0 Å². The third kappa shape index (κ3) is 2.80. The van der Waals surface area contributed by atoms with Crippen LogP contribution in [-0.2, 0) is 17.8 Å². The second-order valence-electron chi connectivity index (χ2n) is 5.02. The normalized spacial score (nSPS) is 14.3. The van der Waals surface area contributed by atoms with E-state index in [1.807, 2.05) is 47.4 Å². The Bertz CT molecular complexity index is 631. The second kappa shape index (κ2) is 5.74. The summed E-state index contributed by atoms with van der Waals surface area (Å²) in [7, 11) is 0. The molecule has 2 aromatic rings. The summed E-state index contributed by atoms with van der Waals surface area (Å²) in [4.78, 5) is 14.1. The number of benzene rings is 2. The maximum absolute atomic E-state index is 12.2. The van der Waals surface area contributed by atoms with Crippen LogP contribution < -0.4 is 0 Å². The van der Waals surface area contributed by atoms with E-state index in [9.17, 15) is 4.79 Å². The van der Waals surface area contributed by atoms with Crippen LogP contribution in [-0.4, -0.2) is 17.4 Å². The fourth-order valence-electron chi connectivity index (χ4n) is 2.52. The molecule has 0 radical (unpaired) electrons. The SMILES string of the molecule is O=C(C=Cc1ccccc1)N1CCc2ccccc2C1. The minimum Gasteiger partial charge on any atom is -0.334 e. The van der Waals surface area contributed by atoms with Crippen LogP contribution in [0.5, 0.6) is 0 Å². The van der Waals surface area contributed by atoms with Gasteiger partial charge in [-0.2, -0.15) is 0 Å². The van der Waals surface area contributed by atoms with Gasteiger partial charge in [0.2, 0.25) is 5.91 Å². The summed E-state index contributed by atoms with van der Waals surface area (Å²) in [5.74, 6) is 0.0864. The molecule has 0 unspecified atom stereocenters. The first-order chi connectivity index (χ1) is 9.83. The van der Waals surface area contributed by atoms with Crippen molar-refractivity contribution in [3.05, 3.63) is 77.4 Å². The molecule has 0 saturated heterocycles. The van der Waals surface area contributed by atoms with Crippen LogP contribution in [0.25, 0.3) is 6.08 Å². The molecule has 0 atom stereocenters. The van der Waals surface area contributed by atoms with Crippen LogP contribution in [0.1, 0.15) is 16.7 Å². The Morgan fingerprint density at radius 1 is 0.950 bits per heavy atom. The van der Waals surface area contributed by atoms with Crippen LogP contribution in [0.2, 0.25) is 0 Å². The first-order valence-corrected chi connectivity index (χ1v) is 6.92. The maximum atomic E-state index is 12.2. The smallest absolute Gasteiger partial charge is 0.246 e. The van der Waals surface area contributed by atoms with Crippen molar-refractivity contribution >= 4 is 12.0 Å². The van der Waals surface area contributed by atoms with Crippen molar-refractivity contribution < 1.29 is 4.79 Å². The molecule has 1 aliphatic rings. The van der Waals surface area contributed by atoms with E-state index in [4.69, 9.17) is 0 Å². The van der Waals surface area contributed by atoms with Gasteiger partial charge in [-0.3, -0.25) is 4.79 Å². The number of rotatable bonds is 2. The number of carbonyl (C=O) groups excluding carboxylic acids is 1. The van der Waals surface area contributed by atoms with E-state index in [-0.39, 0.29) is 5.91 Å². The monoisotopic (exact) mass is 263 g/mol. The maximum Gasteiger partial charge on any atom is 0.246 e. The molecule has 0 spiro atoms. The molecular weight excluding hydrogens is 246 g/mol. The Balaban J connectivity index is 1.69. The van der Waals surface area contributed by atoms with Crippen LogP contribution in [0.15, 0.2) is 60.7 Å². The molecule has 0 fully saturated rings. The predicted octanol–water partition coefficient (Wildman–Crippen LogP) is 3.28. The van der Waals surface area contributed by atoms with Crippen LogP contribution in [0.4, 0.5) is 0 Å². The van der Waals surface area contributed by atoms with E-state index in [1.54, 1.807) is 6.08 Å². The molecular formula is C18H17NO. The van der Waals surface area contributed by atoms with Gasteiger partial charge in [-0.1, -0.05) is 54.6 Å². The van der Waals surface area contributed by atoms with E-state index in [2.05, 4.69) is 18.2 Å². The van der Waals surface area contributed by atoms with Crippen molar-refractivity contribution in [2.45, 2.75) is 13.0 Å². The quantitative estimate of drug-likeness (QED) is 0.761. The Morgan fingerprint density at radius 2 is 1.65 bits per heavy atom. The highest BCUT2D eigenvalue weighted by molar-refractivity contribution is 5.91. The number of fused-ring (bicyclic) bond motifs is 1. The third-order valence-corrected chi connectivity index (χ3v) is 3.66. The lowest BCUT2D eigenvalue weighted by atomic mass is 10.00. The molecule has 2 nitrogen and oxygen atoms in total. The van der Waals surface area contributed by atoms with Crippen molar-refractivity contribution in [1.82, 2.24) is 4.90 Å². The number of hydrogen-bond donors (Lipinski definition) is 0. The van der Waals surface area contributed by atoms with Crippen LogP contribution in [0.3, 0.4) is 0 Å². The summed E-state index contributed by atoms with van der Waals surface area (Å²) in [6.07, 6.45) is 4.49. The van der Waals surface area contributed by atoms with Crippen molar-refractivity contribution in [3.63, 3.8) is 0 Å². The summed E-state index contributed by atoms with van der Waals surface area (Å²) in [5, 5.41) is 0. The largest absolute Gasteiger partial charge is 0.334 e. The summed E-state index contributed by atoms with van der Waals surface area (Å²) in [5.41, 5.74) is 3.68. The van der Waals surface area contributed by atoms with E-state index in [0.717, 1.165) is 18.5 Å². The fraction of sp³-hybridized carbons (Fsp3) is 0.167. The molecule has 20 heavy (non-hydrogen) atoms. The molecule has 100 valence electrons. The fourth-order valence-corrected chi connectivity index (χ4v) is 2.52. The number of nitrogens with zero attached hydrogens (tertiary/aromatic N) is 1. The van der Waals surface area contributed by atoms with Crippen molar-refractivity contribution in [3.8, 4) is 0 Å². The van der Waals surface area contributed by atoms with E-state index >= 15 is 0 Å². The minimum atomic E-state index is 0.0864. The Morgan fingerprint density at radius 3 is 2.45 bits per heavy atom. The summed E-state index contributed by atoms with van der Waals surface area (Å²) >= 11 is 0. The predicted molar refractivity (Wildman–Crippen MR) is 81.0 cm³/mol. The molecule has 2 aromatic carbocycles. The summed E-state index contributed by atoms with van der Waals surface area (Å²) < 4.78 is 0. The highest BCUT2D eigenvalue weighted by Gasteiger charge is 2.18. The average molecular weight is 263 g/mol. The number of carbonyl (C=O) groups is 1. The Kier molecular flexibility index (Phi) is 3.64. The molecule has 0 aromatic heterocycles. The van der Waals surface area contributed by atoms with Gasteiger partial charge < -0.3 is 4.90 Å². The van der Waals surface area contributed by atoms with Crippen LogP contribution >= 0.6 is 0 Å². The van der Waals surface area contributed by atoms with Gasteiger partial charge in [0, 0.05) is 19.2 Å². The average Bonchev–Trinajstić information content (AvgIpc) is 2.53. The summed E-state index contributed by atoms with van der Waals surface area (Å²) in [6, 6.07) is 18.3. The zero-order valence-electron chi connectivity index (χ0n) is 11.3. The lowest BCUT2D eigenvalue weighted by molar-refractivity contribution is -0.126. The van der Waals surface area contributed by atoms with Gasteiger partial charge in [-0.15, -0.1) is 0 Å². The van der Waals surface area contributed by atoms with E-state index < -0.39 is 0 Å². The van der Waals surface area contributed by atoms with Crippen molar-refractivity contribution in [2.24, 2.45) is 0 Å². The van der Waals surface area contributed by atoms with Gasteiger partial charge in [0.25, 0.3) is 0 Å². The molecule has 1 aliphatic heterocycles. The van der Waals surface area contributed by atoms with Gasteiger partial charge in [-0.05, 0) is 29.2 Å². The molecule has 0 saturated carbocycles. The zero-order valence-corrected chi connectivity index (χ0v) is 11.3. The van der Waals surface area contributed by atoms with Gasteiger partial charge in [0.15, 0.2) is 0 Å². The topological polar surface area (TPSA) is 20.3 Å².